The van der Waals surface area contributed by atoms with Gasteiger partial charge in [-0.3, -0.25) is 0 Å². The van der Waals surface area contributed by atoms with Crippen LogP contribution in [-0.4, -0.2) is 11.7 Å². The van der Waals surface area contributed by atoms with E-state index in [0.717, 1.165) is 12.8 Å². The van der Waals surface area contributed by atoms with Crippen molar-refractivity contribution in [3.8, 4) is 0 Å². The molecule has 1 atom stereocenters. The average molecular weight is 184 g/mol. The number of rotatable bonds is 8. The highest BCUT2D eigenvalue weighted by atomic mass is 16.3. The van der Waals surface area contributed by atoms with Crippen molar-refractivity contribution in [2.45, 2.75) is 52.4 Å². The van der Waals surface area contributed by atoms with Crippen LogP contribution in [0.3, 0.4) is 0 Å². The fourth-order valence-corrected chi connectivity index (χ4v) is 1.49. The lowest BCUT2D eigenvalue weighted by Gasteiger charge is -2.10. The molecular weight excluding hydrogens is 160 g/mol. The van der Waals surface area contributed by atoms with Gasteiger partial charge >= 0.3 is 0 Å². The van der Waals surface area contributed by atoms with Crippen LogP contribution in [0, 0.1) is 5.92 Å². The fraction of sp³-hybridized carbons (Fsp3) is 0.833. The molecule has 0 aromatic heterocycles. The maximum atomic E-state index is 8.86. The summed E-state index contributed by atoms with van der Waals surface area (Å²) in [6.45, 7) is 4.70. The minimum atomic E-state index is 0.324. The maximum absolute atomic E-state index is 8.86. The molecule has 0 aliphatic heterocycles. The van der Waals surface area contributed by atoms with E-state index in [-0.39, 0.29) is 0 Å². The molecule has 1 unspecified atom stereocenters. The van der Waals surface area contributed by atoms with Gasteiger partial charge in [-0.2, -0.15) is 0 Å². The molecule has 0 aromatic rings. The van der Waals surface area contributed by atoms with Gasteiger partial charge in [0.1, 0.15) is 0 Å². The predicted molar refractivity (Wildman–Crippen MR) is 58.8 cm³/mol. The highest BCUT2D eigenvalue weighted by molar-refractivity contribution is 4.87. The Hall–Kier alpha value is -0.300. The molecule has 0 heterocycles. The SMILES string of the molecule is CC/C=C/C(CCO)CCCCC. The molecule has 13 heavy (non-hydrogen) atoms. The zero-order valence-electron chi connectivity index (χ0n) is 9.13. The van der Waals surface area contributed by atoms with Crippen LogP contribution in [0.1, 0.15) is 52.4 Å². The van der Waals surface area contributed by atoms with Gasteiger partial charge in [0.2, 0.25) is 0 Å². The Morgan fingerprint density at radius 1 is 1.15 bits per heavy atom. The summed E-state index contributed by atoms with van der Waals surface area (Å²) in [4.78, 5) is 0. The van der Waals surface area contributed by atoms with Crippen molar-refractivity contribution in [1.82, 2.24) is 0 Å². The van der Waals surface area contributed by atoms with Gasteiger partial charge in [-0.15, -0.1) is 0 Å². The van der Waals surface area contributed by atoms with Crippen LogP contribution >= 0.6 is 0 Å². The largest absolute Gasteiger partial charge is 0.396 e. The van der Waals surface area contributed by atoms with Gasteiger partial charge < -0.3 is 5.11 Å². The van der Waals surface area contributed by atoms with Crippen LogP contribution in [0.4, 0.5) is 0 Å². The van der Waals surface area contributed by atoms with Crippen LogP contribution in [0.2, 0.25) is 0 Å². The molecule has 0 aliphatic carbocycles. The van der Waals surface area contributed by atoms with Crippen LogP contribution in [0.5, 0.6) is 0 Å². The lowest BCUT2D eigenvalue weighted by Crippen LogP contribution is -1.99. The smallest absolute Gasteiger partial charge is 0.0436 e. The van der Waals surface area contributed by atoms with Crippen molar-refractivity contribution >= 4 is 0 Å². The Morgan fingerprint density at radius 2 is 1.92 bits per heavy atom. The first-order chi connectivity index (χ1) is 6.35. The summed E-state index contributed by atoms with van der Waals surface area (Å²) in [5, 5.41) is 8.86. The Labute approximate surface area is 82.9 Å². The van der Waals surface area contributed by atoms with E-state index < -0.39 is 0 Å². The van der Waals surface area contributed by atoms with E-state index in [9.17, 15) is 0 Å². The number of allylic oxidation sites excluding steroid dienone is 2. The van der Waals surface area contributed by atoms with Crippen molar-refractivity contribution in [3.63, 3.8) is 0 Å². The summed E-state index contributed by atoms with van der Waals surface area (Å²) < 4.78 is 0. The van der Waals surface area contributed by atoms with E-state index in [1.165, 1.54) is 25.7 Å². The topological polar surface area (TPSA) is 20.2 Å². The fourth-order valence-electron chi connectivity index (χ4n) is 1.49. The molecule has 0 fully saturated rings. The van der Waals surface area contributed by atoms with Crippen LogP contribution in [0.25, 0.3) is 0 Å². The second-order valence-electron chi connectivity index (χ2n) is 3.60. The van der Waals surface area contributed by atoms with Gasteiger partial charge in [0.25, 0.3) is 0 Å². The summed E-state index contributed by atoms with van der Waals surface area (Å²) >= 11 is 0. The van der Waals surface area contributed by atoms with Crippen LogP contribution in [0.15, 0.2) is 12.2 Å². The summed E-state index contributed by atoms with van der Waals surface area (Å²) in [7, 11) is 0. The molecule has 0 radical (unpaired) electrons. The van der Waals surface area contributed by atoms with Crippen molar-refractivity contribution in [3.05, 3.63) is 12.2 Å². The molecule has 1 N–H and O–H groups in total. The maximum Gasteiger partial charge on any atom is 0.0436 e. The van der Waals surface area contributed by atoms with Crippen LogP contribution in [-0.2, 0) is 0 Å². The third-order valence-electron chi connectivity index (χ3n) is 2.32. The molecule has 0 saturated carbocycles. The summed E-state index contributed by atoms with van der Waals surface area (Å²) in [6, 6.07) is 0. The lowest BCUT2D eigenvalue weighted by atomic mass is 9.97. The number of aliphatic hydroxyl groups is 1. The number of hydrogen-bond donors (Lipinski definition) is 1. The molecule has 0 spiro atoms. The van der Waals surface area contributed by atoms with Gasteiger partial charge in [0, 0.05) is 6.61 Å². The van der Waals surface area contributed by atoms with E-state index in [2.05, 4.69) is 26.0 Å². The van der Waals surface area contributed by atoms with E-state index in [1.807, 2.05) is 0 Å². The zero-order valence-corrected chi connectivity index (χ0v) is 9.13. The van der Waals surface area contributed by atoms with Crippen molar-refractivity contribution < 1.29 is 5.11 Å². The standard InChI is InChI=1S/C12H24O/c1-3-5-7-9-12(10-11-13)8-6-4-2/h6,8,12-13H,3-5,7,9-11H2,1-2H3/b8-6+. The minimum absolute atomic E-state index is 0.324. The molecule has 0 aromatic carbocycles. The van der Waals surface area contributed by atoms with E-state index in [1.54, 1.807) is 0 Å². The molecule has 78 valence electrons. The second kappa shape index (κ2) is 9.79. The molecule has 0 aliphatic rings. The molecule has 0 rings (SSSR count). The van der Waals surface area contributed by atoms with E-state index in [0.29, 0.717) is 12.5 Å². The monoisotopic (exact) mass is 184 g/mol. The Balaban J connectivity index is 3.59. The molecule has 0 saturated heterocycles. The number of unbranched alkanes of at least 4 members (excludes halogenated alkanes) is 2. The Bertz CT molecular complexity index is 118. The van der Waals surface area contributed by atoms with Gasteiger partial charge in [0.15, 0.2) is 0 Å². The Kier molecular flexibility index (Phi) is 9.56. The lowest BCUT2D eigenvalue weighted by molar-refractivity contribution is 0.265. The van der Waals surface area contributed by atoms with Gasteiger partial charge in [0.05, 0.1) is 0 Å². The first-order valence-corrected chi connectivity index (χ1v) is 5.62. The molecular formula is C12H24O. The minimum Gasteiger partial charge on any atom is -0.396 e. The van der Waals surface area contributed by atoms with Gasteiger partial charge in [-0.05, 0) is 25.2 Å². The van der Waals surface area contributed by atoms with Crippen molar-refractivity contribution in [1.29, 1.82) is 0 Å². The quantitative estimate of drug-likeness (QED) is 0.452. The van der Waals surface area contributed by atoms with Gasteiger partial charge in [-0.25, -0.2) is 0 Å². The summed E-state index contributed by atoms with van der Waals surface area (Å²) in [6.07, 6.45) is 11.7. The van der Waals surface area contributed by atoms with E-state index in [4.69, 9.17) is 5.11 Å². The highest BCUT2D eigenvalue weighted by Gasteiger charge is 2.02. The van der Waals surface area contributed by atoms with Crippen molar-refractivity contribution in [2.24, 2.45) is 5.92 Å². The number of hydrogen-bond acceptors (Lipinski definition) is 1. The molecule has 0 bridgehead atoms. The predicted octanol–water partition coefficient (Wildman–Crippen LogP) is 3.53. The number of aliphatic hydroxyl groups excluding tert-OH is 1. The zero-order chi connectivity index (χ0) is 9.94. The summed E-state index contributed by atoms with van der Waals surface area (Å²) in [5.74, 6) is 0.608. The Morgan fingerprint density at radius 3 is 2.46 bits per heavy atom. The van der Waals surface area contributed by atoms with Crippen LogP contribution < -0.4 is 0 Å². The normalized spacial score (nSPS) is 13.8. The molecule has 0 amide bonds. The average Bonchev–Trinajstić information content (AvgIpc) is 2.14. The first-order valence-electron chi connectivity index (χ1n) is 5.62. The molecule has 1 nitrogen and oxygen atoms in total. The molecule has 1 heteroatoms. The summed E-state index contributed by atoms with van der Waals surface area (Å²) in [5.41, 5.74) is 0. The van der Waals surface area contributed by atoms with E-state index >= 15 is 0 Å². The van der Waals surface area contributed by atoms with Gasteiger partial charge in [-0.1, -0.05) is 45.3 Å². The highest BCUT2D eigenvalue weighted by Crippen LogP contribution is 2.15. The second-order valence-corrected chi connectivity index (χ2v) is 3.60. The first kappa shape index (κ1) is 12.7. The van der Waals surface area contributed by atoms with Crippen molar-refractivity contribution in [2.75, 3.05) is 6.61 Å². The third kappa shape index (κ3) is 8.04. The third-order valence-corrected chi connectivity index (χ3v) is 2.32.